The van der Waals surface area contributed by atoms with E-state index in [0.29, 0.717) is 25.4 Å². The van der Waals surface area contributed by atoms with Crippen molar-refractivity contribution in [1.29, 1.82) is 0 Å². The molecular weight excluding hydrogens is 364 g/mol. The van der Waals surface area contributed by atoms with Gasteiger partial charge in [0, 0.05) is 19.6 Å². The van der Waals surface area contributed by atoms with Crippen LogP contribution in [0.2, 0.25) is 0 Å². The lowest BCUT2D eigenvalue weighted by Crippen LogP contribution is -2.52. The minimum atomic E-state index is -0.583. The van der Waals surface area contributed by atoms with Crippen LogP contribution in [0.4, 0.5) is 0 Å². The van der Waals surface area contributed by atoms with Gasteiger partial charge in [-0.3, -0.25) is 9.59 Å². The quantitative estimate of drug-likeness (QED) is 0.814. The Hall–Kier alpha value is -2.82. The van der Waals surface area contributed by atoms with E-state index in [1.807, 2.05) is 69.3 Å². The van der Waals surface area contributed by atoms with E-state index in [2.05, 4.69) is 5.32 Å². The first-order valence-electron chi connectivity index (χ1n) is 10.2. The maximum absolute atomic E-state index is 12.9. The molecule has 0 aliphatic carbocycles. The monoisotopic (exact) mass is 394 g/mol. The van der Waals surface area contributed by atoms with Crippen molar-refractivity contribution in [2.45, 2.75) is 40.2 Å². The average Bonchev–Trinajstić information content (AvgIpc) is 2.71. The molecule has 0 unspecified atom stereocenters. The Kier molecular flexibility index (Phi) is 6.57. The number of nitrogens with zero attached hydrogens (tertiary/aromatic N) is 1. The van der Waals surface area contributed by atoms with E-state index in [1.54, 1.807) is 4.90 Å². The number of hydrogen-bond acceptors (Lipinski definition) is 3. The summed E-state index contributed by atoms with van der Waals surface area (Å²) < 4.78 is 5.66. The summed E-state index contributed by atoms with van der Waals surface area (Å²) in [7, 11) is 0. The zero-order chi connectivity index (χ0) is 20.9. The van der Waals surface area contributed by atoms with Crippen LogP contribution >= 0.6 is 0 Å². The number of carbonyl (C=O) groups excluding carboxylic acids is 2. The van der Waals surface area contributed by atoms with Gasteiger partial charge in [-0.25, -0.2) is 0 Å². The highest BCUT2D eigenvalue weighted by molar-refractivity contribution is 5.84. The smallest absolute Gasteiger partial charge is 0.260 e. The minimum Gasteiger partial charge on any atom is -0.484 e. The molecule has 5 nitrogen and oxygen atoms in total. The van der Waals surface area contributed by atoms with E-state index in [4.69, 9.17) is 4.74 Å². The molecule has 5 heteroatoms. The van der Waals surface area contributed by atoms with Gasteiger partial charge in [-0.05, 0) is 62.4 Å². The fourth-order valence-electron chi connectivity index (χ4n) is 3.78. The lowest BCUT2D eigenvalue weighted by Gasteiger charge is -2.39. The predicted molar refractivity (Wildman–Crippen MR) is 114 cm³/mol. The number of likely N-dealkylation sites (tertiary alicyclic amines) is 1. The number of ether oxygens (including phenoxy) is 1. The van der Waals surface area contributed by atoms with Gasteiger partial charge in [-0.1, -0.05) is 36.4 Å². The number of carbonyl (C=O) groups is 2. The standard InChI is InChI=1S/C24H30N2O3/c1-18-8-6-11-21(14-18)29-16-22(27)26-13-7-12-24(3,17-26)23(28)25-15-20-10-5-4-9-19(20)2/h4-6,8-11,14H,7,12-13,15-17H2,1-3H3,(H,25,28)/t24-/m0/s1. The molecular formula is C24H30N2O3. The van der Waals surface area contributed by atoms with Gasteiger partial charge >= 0.3 is 0 Å². The molecule has 1 N–H and O–H groups in total. The summed E-state index contributed by atoms with van der Waals surface area (Å²) >= 11 is 0. The van der Waals surface area contributed by atoms with Gasteiger partial charge in [0.05, 0.1) is 5.41 Å². The first-order chi connectivity index (χ1) is 13.9. The van der Waals surface area contributed by atoms with Crippen LogP contribution in [0.1, 0.15) is 36.5 Å². The molecule has 2 amide bonds. The normalized spacial score (nSPS) is 18.9. The molecule has 1 saturated heterocycles. The second-order valence-corrected chi connectivity index (χ2v) is 8.19. The summed E-state index contributed by atoms with van der Waals surface area (Å²) in [5, 5.41) is 3.07. The summed E-state index contributed by atoms with van der Waals surface area (Å²) in [5.41, 5.74) is 2.78. The maximum Gasteiger partial charge on any atom is 0.260 e. The molecule has 1 atom stereocenters. The van der Waals surface area contributed by atoms with Gasteiger partial charge in [0.2, 0.25) is 5.91 Å². The molecule has 0 saturated carbocycles. The van der Waals surface area contributed by atoms with Crippen LogP contribution in [0, 0.1) is 19.3 Å². The van der Waals surface area contributed by atoms with Crippen LogP contribution < -0.4 is 10.1 Å². The van der Waals surface area contributed by atoms with Gasteiger partial charge in [0.15, 0.2) is 6.61 Å². The van der Waals surface area contributed by atoms with Crippen molar-refractivity contribution in [2.75, 3.05) is 19.7 Å². The van der Waals surface area contributed by atoms with E-state index in [-0.39, 0.29) is 18.4 Å². The Morgan fingerprint density at radius 2 is 1.93 bits per heavy atom. The molecule has 1 aliphatic rings. The third-order valence-electron chi connectivity index (χ3n) is 5.65. The first-order valence-corrected chi connectivity index (χ1v) is 10.2. The number of aryl methyl sites for hydroxylation is 2. The molecule has 2 aromatic carbocycles. The van der Waals surface area contributed by atoms with Crippen molar-refractivity contribution in [2.24, 2.45) is 5.41 Å². The van der Waals surface area contributed by atoms with E-state index in [9.17, 15) is 9.59 Å². The zero-order valence-electron chi connectivity index (χ0n) is 17.5. The third kappa shape index (κ3) is 5.37. The van der Waals surface area contributed by atoms with Crippen LogP contribution in [0.5, 0.6) is 5.75 Å². The highest BCUT2D eigenvalue weighted by atomic mass is 16.5. The van der Waals surface area contributed by atoms with Crippen LogP contribution in [0.15, 0.2) is 48.5 Å². The van der Waals surface area contributed by atoms with Gasteiger partial charge in [0.1, 0.15) is 5.75 Å². The van der Waals surface area contributed by atoms with Gasteiger partial charge in [-0.15, -0.1) is 0 Å². The van der Waals surface area contributed by atoms with Gasteiger partial charge in [-0.2, -0.15) is 0 Å². The van der Waals surface area contributed by atoms with E-state index >= 15 is 0 Å². The van der Waals surface area contributed by atoms with Crippen LogP contribution in [0.3, 0.4) is 0 Å². The Morgan fingerprint density at radius 3 is 2.69 bits per heavy atom. The fourth-order valence-corrected chi connectivity index (χ4v) is 3.78. The molecule has 0 aromatic heterocycles. The van der Waals surface area contributed by atoms with Crippen molar-refractivity contribution >= 4 is 11.8 Å². The van der Waals surface area contributed by atoms with Gasteiger partial charge < -0.3 is 15.0 Å². The van der Waals surface area contributed by atoms with Crippen molar-refractivity contribution in [1.82, 2.24) is 10.2 Å². The van der Waals surface area contributed by atoms with Crippen molar-refractivity contribution in [3.8, 4) is 5.75 Å². The Morgan fingerprint density at radius 1 is 1.14 bits per heavy atom. The Balaban J connectivity index is 1.55. The minimum absolute atomic E-state index is 0.00199. The number of hydrogen-bond donors (Lipinski definition) is 1. The molecule has 1 aliphatic heterocycles. The summed E-state index contributed by atoms with van der Waals surface area (Å²) in [5.74, 6) is 0.607. The van der Waals surface area contributed by atoms with Crippen molar-refractivity contribution in [3.05, 3.63) is 65.2 Å². The molecule has 0 spiro atoms. The summed E-state index contributed by atoms with van der Waals surface area (Å²) in [4.78, 5) is 27.3. The Bertz CT molecular complexity index is 880. The predicted octanol–water partition coefficient (Wildman–Crippen LogP) is 3.63. The van der Waals surface area contributed by atoms with E-state index < -0.39 is 5.41 Å². The number of rotatable bonds is 6. The molecule has 0 radical (unpaired) electrons. The van der Waals surface area contributed by atoms with Crippen LogP contribution in [-0.4, -0.2) is 36.4 Å². The molecule has 154 valence electrons. The summed E-state index contributed by atoms with van der Waals surface area (Å²) in [6, 6.07) is 15.7. The summed E-state index contributed by atoms with van der Waals surface area (Å²) in [6.07, 6.45) is 1.58. The second-order valence-electron chi connectivity index (χ2n) is 8.19. The fraction of sp³-hybridized carbons (Fsp3) is 0.417. The SMILES string of the molecule is Cc1cccc(OCC(=O)N2CCC[C@](C)(C(=O)NCc3ccccc3C)C2)c1. The number of amides is 2. The molecule has 29 heavy (non-hydrogen) atoms. The summed E-state index contributed by atoms with van der Waals surface area (Å²) in [6.45, 7) is 7.55. The largest absolute Gasteiger partial charge is 0.484 e. The van der Waals surface area contributed by atoms with Crippen molar-refractivity contribution in [3.63, 3.8) is 0 Å². The topological polar surface area (TPSA) is 58.6 Å². The van der Waals surface area contributed by atoms with Gasteiger partial charge in [0.25, 0.3) is 5.91 Å². The zero-order valence-corrected chi connectivity index (χ0v) is 17.5. The lowest BCUT2D eigenvalue weighted by molar-refractivity contribution is -0.142. The number of piperidine rings is 1. The molecule has 3 rings (SSSR count). The van der Waals surface area contributed by atoms with Crippen molar-refractivity contribution < 1.29 is 14.3 Å². The highest BCUT2D eigenvalue weighted by Gasteiger charge is 2.39. The highest BCUT2D eigenvalue weighted by Crippen LogP contribution is 2.30. The second kappa shape index (κ2) is 9.12. The number of nitrogens with one attached hydrogen (secondary N) is 1. The van der Waals surface area contributed by atoms with E-state index in [0.717, 1.165) is 29.5 Å². The lowest BCUT2D eigenvalue weighted by atomic mass is 9.81. The van der Waals surface area contributed by atoms with Crippen LogP contribution in [0.25, 0.3) is 0 Å². The first kappa shape index (κ1) is 20.9. The number of benzene rings is 2. The average molecular weight is 395 g/mol. The Labute approximate surface area is 173 Å². The molecule has 1 heterocycles. The molecule has 1 fully saturated rings. The van der Waals surface area contributed by atoms with Crippen LogP contribution in [-0.2, 0) is 16.1 Å². The van der Waals surface area contributed by atoms with E-state index in [1.165, 1.54) is 0 Å². The third-order valence-corrected chi connectivity index (χ3v) is 5.65. The molecule has 0 bridgehead atoms. The molecule has 2 aromatic rings. The maximum atomic E-state index is 12.9.